The van der Waals surface area contributed by atoms with Gasteiger partial charge < -0.3 is 10.4 Å². The molecular formula is C24H24Cl3N7O. The highest BCUT2D eigenvalue weighted by molar-refractivity contribution is 6.34. The van der Waals surface area contributed by atoms with Crippen LogP contribution in [0.15, 0.2) is 42.7 Å². The van der Waals surface area contributed by atoms with Crippen LogP contribution in [0.1, 0.15) is 42.1 Å². The van der Waals surface area contributed by atoms with Crippen LogP contribution in [0, 0.1) is 13.8 Å². The van der Waals surface area contributed by atoms with E-state index in [1.54, 1.807) is 33.6 Å². The first kappa shape index (κ1) is 24.1. The number of aliphatic hydroxyl groups excluding tert-OH is 1. The Labute approximate surface area is 217 Å². The molecule has 1 aliphatic rings. The number of aryl methyl sites for hydroxylation is 2. The second-order valence-corrected chi connectivity index (χ2v) is 10.1. The molecule has 3 unspecified atom stereocenters. The lowest BCUT2D eigenvalue weighted by Gasteiger charge is -2.34. The Morgan fingerprint density at radius 3 is 2.40 bits per heavy atom. The second-order valence-electron chi connectivity index (χ2n) is 8.84. The fourth-order valence-corrected chi connectivity index (χ4v) is 5.23. The van der Waals surface area contributed by atoms with Gasteiger partial charge in [0.15, 0.2) is 11.6 Å². The minimum absolute atomic E-state index is 0.0999. The number of halogens is 3. The monoisotopic (exact) mass is 531 g/mol. The van der Waals surface area contributed by atoms with Gasteiger partial charge in [-0.3, -0.25) is 0 Å². The van der Waals surface area contributed by atoms with Crippen molar-refractivity contribution in [2.24, 2.45) is 0 Å². The fraction of sp³-hybridized carbons (Fsp3) is 0.333. The molecule has 4 heterocycles. The normalized spacial score (nSPS) is 20.2. The molecule has 5 rings (SSSR count). The molecule has 0 bridgehead atoms. The van der Waals surface area contributed by atoms with Crippen molar-refractivity contribution in [1.82, 2.24) is 29.5 Å². The summed E-state index contributed by atoms with van der Waals surface area (Å²) in [6, 6.07) is 8.88. The van der Waals surface area contributed by atoms with Gasteiger partial charge in [0.05, 0.1) is 17.5 Å². The topological polar surface area (TPSA) is 93.7 Å². The van der Waals surface area contributed by atoms with Crippen LogP contribution in [0.2, 0.25) is 15.2 Å². The number of rotatable bonds is 5. The van der Waals surface area contributed by atoms with Gasteiger partial charge in [0.2, 0.25) is 0 Å². The number of nitrogens with zero attached hydrogens (tertiary/aromatic N) is 6. The largest absolute Gasteiger partial charge is 0.392 e. The summed E-state index contributed by atoms with van der Waals surface area (Å²) in [5.74, 6) is 1.75. The van der Waals surface area contributed by atoms with Crippen molar-refractivity contribution in [2.75, 3.05) is 5.32 Å². The third kappa shape index (κ3) is 5.30. The molecule has 4 aromatic heterocycles. The predicted molar refractivity (Wildman–Crippen MR) is 137 cm³/mol. The average Bonchev–Trinajstić information content (AvgIpc) is 3.40. The van der Waals surface area contributed by atoms with Gasteiger partial charge >= 0.3 is 0 Å². The van der Waals surface area contributed by atoms with Crippen LogP contribution in [0.5, 0.6) is 0 Å². The molecule has 8 nitrogen and oxygen atoms in total. The van der Waals surface area contributed by atoms with E-state index in [1.807, 2.05) is 32.3 Å². The van der Waals surface area contributed by atoms with Crippen LogP contribution in [-0.4, -0.2) is 46.8 Å². The highest BCUT2D eigenvalue weighted by Gasteiger charge is 2.33. The van der Waals surface area contributed by atoms with Crippen LogP contribution < -0.4 is 5.32 Å². The smallest absolute Gasteiger partial charge is 0.157 e. The molecule has 0 amide bonds. The third-order valence-electron chi connectivity index (χ3n) is 6.22. The Kier molecular flexibility index (Phi) is 6.72. The zero-order valence-electron chi connectivity index (χ0n) is 19.2. The molecular weight excluding hydrogens is 509 g/mol. The summed E-state index contributed by atoms with van der Waals surface area (Å²) in [5, 5.41) is 24.8. The maximum absolute atomic E-state index is 10.9. The van der Waals surface area contributed by atoms with Gasteiger partial charge in [-0.05, 0) is 56.9 Å². The van der Waals surface area contributed by atoms with E-state index in [-0.39, 0.29) is 12.0 Å². The van der Waals surface area contributed by atoms with Gasteiger partial charge in [-0.1, -0.05) is 34.8 Å². The van der Waals surface area contributed by atoms with Gasteiger partial charge in [0, 0.05) is 46.5 Å². The van der Waals surface area contributed by atoms with E-state index in [9.17, 15) is 5.11 Å². The van der Waals surface area contributed by atoms with Crippen LogP contribution >= 0.6 is 34.8 Å². The zero-order chi connectivity index (χ0) is 24.7. The van der Waals surface area contributed by atoms with Crippen molar-refractivity contribution in [3.05, 3.63) is 74.9 Å². The quantitative estimate of drug-likeness (QED) is 0.328. The number of nitrogens with one attached hydrogen (secondary N) is 1. The van der Waals surface area contributed by atoms with E-state index in [0.717, 1.165) is 23.4 Å². The molecule has 2 N–H and O–H groups in total. The molecule has 1 saturated carbocycles. The Hall–Kier alpha value is -2.65. The van der Waals surface area contributed by atoms with Gasteiger partial charge in [-0.25, -0.2) is 19.3 Å². The first-order chi connectivity index (χ1) is 16.7. The summed E-state index contributed by atoms with van der Waals surface area (Å²) in [5.41, 5.74) is 2.69. The lowest BCUT2D eigenvalue weighted by Crippen LogP contribution is -2.34. The Balaban J connectivity index is 1.37. The van der Waals surface area contributed by atoms with E-state index in [0.29, 0.717) is 45.5 Å². The van der Waals surface area contributed by atoms with Crippen molar-refractivity contribution in [3.63, 3.8) is 0 Å². The molecule has 0 radical (unpaired) electrons. The molecule has 4 aromatic rings. The molecule has 0 aliphatic heterocycles. The molecule has 0 spiro atoms. The number of pyridine rings is 2. The maximum Gasteiger partial charge on any atom is 0.157 e. The van der Waals surface area contributed by atoms with E-state index < -0.39 is 6.10 Å². The number of anilines is 1. The van der Waals surface area contributed by atoms with Crippen molar-refractivity contribution in [3.8, 4) is 11.6 Å². The molecule has 11 heteroatoms. The molecule has 35 heavy (non-hydrogen) atoms. The average molecular weight is 533 g/mol. The first-order valence-electron chi connectivity index (χ1n) is 11.3. The molecule has 182 valence electrons. The van der Waals surface area contributed by atoms with E-state index in [4.69, 9.17) is 39.8 Å². The Morgan fingerprint density at radius 1 is 0.943 bits per heavy atom. The highest BCUT2D eigenvalue weighted by atomic mass is 35.5. The van der Waals surface area contributed by atoms with Crippen molar-refractivity contribution >= 4 is 40.6 Å². The third-order valence-corrected chi connectivity index (χ3v) is 6.85. The van der Waals surface area contributed by atoms with Crippen molar-refractivity contribution < 1.29 is 5.11 Å². The van der Waals surface area contributed by atoms with Crippen LogP contribution in [0.25, 0.3) is 11.6 Å². The van der Waals surface area contributed by atoms with Crippen LogP contribution in [0.4, 0.5) is 5.82 Å². The van der Waals surface area contributed by atoms with Crippen LogP contribution in [0.3, 0.4) is 0 Å². The minimum Gasteiger partial charge on any atom is -0.392 e. The molecule has 0 aromatic carbocycles. The number of hydrogen-bond donors (Lipinski definition) is 2. The van der Waals surface area contributed by atoms with Crippen molar-refractivity contribution in [2.45, 2.75) is 51.2 Å². The van der Waals surface area contributed by atoms with Gasteiger partial charge in [0.1, 0.15) is 11.0 Å². The van der Waals surface area contributed by atoms with Gasteiger partial charge in [0.25, 0.3) is 0 Å². The first-order valence-corrected chi connectivity index (χ1v) is 12.4. The van der Waals surface area contributed by atoms with E-state index in [2.05, 4.69) is 20.5 Å². The number of aromatic nitrogens is 6. The predicted octanol–water partition coefficient (Wildman–Crippen LogP) is 5.53. The van der Waals surface area contributed by atoms with E-state index >= 15 is 0 Å². The minimum atomic E-state index is -0.477. The molecule has 0 saturated heterocycles. The van der Waals surface area contributed by atoms with Gasteiger partial charge in [-0.15, -0.1) is 0 Å². The standard InChI is InChI=1S/C24H24Cl3N7O/c1-13-5-6-33(31-13)24-10-16(26)8-22(30-24)28-17-3-4-20(35)18(11-17)19-12-34(32-14(19)2)23-9-15(25)7-21(27)29-23/h5-10,12,17-18,20,35H,3-4,11H2,1-2H3,(H,28,30). The van der Waals surface area contributed by atoms with E-state index in [1.165, 1.54) is 0 Å². The zero-order valence-corrected chi connectivity index (χ0v) is 21.4. The Bertz CT molecular complexity index is 1350. The summed E-state index contributed by atoms with van der Waals surface area (Å²) in [4.78, 5) is 9.01. The fourth-order valence-electron chi connectivity index (χ4n) is 4.57. The summed E-state index contributed by atoms with van der Waals surface area (Å²) in [6.45, 7) is 3.85. The summed E-state index contributed by atoms with van der Waals surface area (Å²) >= 11 is 18.6. The lowest BCUT2D eigenvalue weighted by atomic mass is 9.79. The van der Waals surface area contributed by atoms with Gasteiger partial charge in [-0.2, -0.15) is 10.2 Å². The summed E-state index contributed by atoms with van der Waals surface area (Å²) in [6.07, 6.45) is 5.45. The summed E-state index contributed by atoms with van der Waals surface area (Å²) in [7, 11) is 0. The molecule has 3 atom stereocenters. The van der Waals surface area contributed by atoms with Crippen LogP contribution in [-0.2, 0) is 0 Å². The Morgan fingerprint density at radius 2 is 1.69 bits per heavy atom. The lowest BCUT2D eigenvalue weighted by molar-refractivity contribution is 0.101. The van der Waals surface area contributed by atoms with Crippen molar-refractivity contribution in [1.29, 1.82) is 0 Å². The SMILES string of the molecule is Cc1ccn(-c2cc(Cl)cc(NC3CCC(O)C(c4cn(-c5cc(Cl)cc(Cl)n5)nc4C)C3)n2)n1. The second kappa shape index (κ2) is 9.78. The number of aliphatic hydroxyl groups is 1. The highest BCUT2D eigenvalue weighted by Crippen LogP contribution is 2.36. The molecule has 1 fully saturated rings. The number of hydrogen-bond acceptors (Lipinski definition) is 6. The molecule has 1 aliphatic carbocycles. The summed E-state index contributed by atoms with van der Waals surface area (Å²) < 4.78 is 3.36. The maximum atomic E-state index is 10.9.